The molecule has 0 unspecified atom stereocenters. The standard InChI is InChI=1S/C11H12N2O6/c1-12-10(14)4-5-19-7-2-3-9(13(17)18)8(6-7)11(15)16/h2-3,6H,4-5H2,1H3,(H,12,14)(H,15,16). The summed E-state index contributed by atoms with van der Waals surface area (Å²) < 4.78 is 5.16. The summed E-state index contributed by atoms with van der Waals surface area (Å²) in [6.07, 6.45) is 0.107. The molecule has 0 saturated heterocycles. The highest BCUT2D eigenvalue weighted by atomic mass is 16.6. The van der Waals surface area contributed by atoms with Crippen LogP contribution in [0.15, 0.2) is 18.2 Å². The number of carbonyl (C=O) groups is 2. The summed E-state index contributed by atoms with van der Waals surface area (Å²) in [5.41, 5.74) is -0.964. The zero-order valence-corrected chi connectivity index (χ0v) is 10.1. The number of nitro groups is 1. The third kappa shape index (κ3) is 3.95. The first kappa shape index (κ1) is 14.4. The monoisotopic (exact) mass is 268 g/mol. The minimum Gasteiger partial charge on any atom is -0.493 e. The van der Waals surface area contributed by atoms with Gasteiger partial charge in [0, 0.05) is 19.2 Å². The second-order valence-electron chi connectivity index (χ2n) is 3.51. The number of carboxylic acid groups (broad SMARTS) is 1. The SMILES string of the molecule is CNC(=O)CCOc1ccc([N+](=O)[O-])c(C(=O)O)c1. The lowest BCUT2D eigenvalue weighted by molar-refractivity contribution is -0.385. The van der Waals surface area contributed by atoms with Crippen LogP contribution in [0.25, 0.3) is 0 Å². The average molecular weight is 268 g/mol. The number of nitrogens with one attached hydrogen (secondary N) is 1. The fourth-order valence-electron chi connectivity index (χ4n) is 1.32. The molecule has 2 N–H and O–H groups in total. The summed E-state index contributed by atoms with van der Waals surface area (Å²) in [6.45, 7) is 0.0521. The molecule has 0 aromatic heterocycles. The molecule has 1 aromatic carbocycles. The number of nitro benzene ring substituents is 1. The Morgan fingerprint density at radius 1 is 1.47 bits per heavy atom. The van der Waals surface area contributed by atoms with Crippen LogP contribution in [0.4, 0.5) is 5.69 Å². The van der Waals surface area contributed by atoms with Crippen molar-refractivity contribution < 1.29 is 24.4 Å². The van der Waals surface area contributed by atoms with Gasteiger partial charge in [-0.2, -0.15) is 0 Å². The Balaban J connectivity index is 2.81. The maximum absolute atomic E-state index is 10.9. The Kier molecular flexibility index (Phi) is 4.81. The van der Waals surface area contributed by atoms with E-state index in [-0.39, 0.29) is 24.7 Å². The number of nitrogens with zero attached hydrogens (tertiary/aromatic N) is 1. The first-order valence-electron chi connectivity index (χ1n) is 5.30. The number of rotatable bonds is 6. The maximum Gasteiger partial charge on any atom is 0.342 e. The molecular formula is C11H12N2O6. The largest absolute Gasteiger partial charge is 0.493 e. The Morgan fingerprint density at radius 3 is 2.68 bits per heavy atom. The van der Waals surface area contributed by atoms with Crippen molar-refractivity contribution >= 4 is 17.6 Å². The highest BCUT2D eigenvalue weighted by Gasteiger charge is 2.20. The molecule has 0 saturated carbocycles. The van der Waals surface area contributed by atoms with Gasteiger partial charge >= 0.3 is 5.97 Å². The van der Waals surface area contributed by atoms with Crippen molar-refractivity contribution in [3.8, 4) is 5.75 Å². The molecule has 0 radical (unpaired) electrons. The van der Waals surface area contributed by atoms with Crippen molar-refractivity contribution in [1.29, 1.82) is 0 Å². The van der Waals surface area contributed by atoms with Gasteiger partial charge in [0.2, 0.25) is 5.91 Å². The molecule has 0 heterocycles. The van der Waals surface area contributed by atoms with Gasteiger partial charge in [-0.25, -0.2) is 4.79 Å². The third-order valence-corrected chi connectivity index (χ3v) is 2.27. The van der Waals surface area contributed by atoms with E-state index in [1.165, 1.54) is 13.1 Å². The molecule has 0 spiro atoms. The van der Waals surface area contributed by atoms with E-state index in [0.29, 0.717) is 0 Å². The van der Waals surface area contributed by atoms with Crippen LogP contribution in [0.3, 0.4) is 0 Å². The van der Waals surface area contributed by atoms with E-state index in [1.54, 1.807) is 0 Å². The first-order chi connectivity index (χ1) is 8.95. The van der Waals surface area contributed by atoms with Crippen LogP contribution in [0.1, 0.15) is 16.8 Å². The maximum atomic E-state index is 10.9. The summed E-state index contributed by atoms with van der Waals surface area (Å²) >= 11 is 0. The quantitative estimate of drug-likeness (QED) is 0.582. The fraction of sp³-hybridized carbons (Fsp3) is 0.273. The van der Waals surface area contributed by atoms with Crippen molar-refractivity contribution in [2.24, 2.45) is 0 Å². The molecule has 0 fully saturated rings. The average Bonchev–Trinajstić information content (AvgIpc) is 2.38. The molecule has 8 heteroatoms. The molecule has 8 nitrogen and oxygen atoms in total. The lowest BCUT2D eigenvalue weighted by Crippen LogP contribution is -2.20. The highest BCUT2D eigenvalue weighted by molar-refractivity contribution is 5.92. The second kappa shape index (κ2) is 6.34. The molecule has 0 bridgehead atoms. The van der Waals surface area contributed by atoms with E-state index in [4.69, 9.17) is 9.84 Å². The molecule has 102 valence electrons. The van der Waals surface area contributed by atoms with E-state index in [0.717, 1.165) is 12.1 Å². The van der Waals surface area contributed by atoms with Gasteiger partial charge in [0.1, 0.15) is 11.3 Å². The molecule has 0 atom stereocenters. The van der Waals surface area contributed by atoms with Gasteiger partial charge in [-0.3, -0.25) is 14.9 Å². The van der Waals surface area contributed by atoms with Crippen LogP contribution in [-0.2, 0) is 4.79 Å². The number of hydrogen-bond acceptors (Lipinski definition) is 5. The molecular weight excluding hydrogens is 256 g/mol. The van der Waals surface area contributed by atoms with Crippen molar-refractivity contribution in [3.05, 3.63) is 33.9 Å². The zero-order chi connectivity index (χ0) is 14.4. The number of ether oxygens (including phenoxy) is 1. The summed E-state index contributed by atoms with van der Waals surface area (Å²) in [4.78, 5) is 31.7. The van der Waals surface area contributed by atoms with Crippen molar-refractivity contribution in [3.63, 3.8) is 0 Å². The normalized spacial score (nSPS) is 9.74. The van der Waals surface area contributed by atoms with Crippen molar-refractivity contribution in [2.75, 3.05) is 13.7 Å². The summed E-state index contributed by atoms with van der Waals surface area (Å²) in [7, 11) is 1.48. The molecule has 1 aromatic rings. The van der Waals surface area contributed by atoms with Gasteiger partial charge in [-0.15, -0.1) is 0 Å². The summed E-state index contributed by atoms with van der Waals surface area (Å²) in [5.74, 6) is -1.48. The number of benzene rings is 1. The topological polar surface area (TPSA) is 119 Å². The summed E-state index contributed by atoms with van der Waals surface area (Å²) in [6, 6.07) is 3.40. The predicted octanol–water partition coefficient (Wildman–Crippen LogP) is 0.808. The highest BCUT2D eigenvalue weighted by Crippen LogP contribution is 2.24. The van der Waals surface area contributed by atoms with Gasteiger partial charge in [-0.1, -0.05) is 0 Å². The van der Waals surface area contributed by atoms with Crippen LogP contribution in [0.5, 0.6) is 5.75 Å². The lowest BCUT2D eigenvalue weighted by Gasteiger charge is -2.06. The number of carbonyl (C=O) groups excluding carboxylic acids is 1. The minimum atomic E-state index is -1.41. The summed E-state index contributed by atoms with van der Waals surface area (Å²) in [5, 5.41) is 21.9. The number of hydrogen-bond donors (Lipinski definition) is 2. The Morgan fingerprint density at radius 2 is 2.16 bits per heavy atom. The first-order valence-corrected chi connectivity index (χ1v) is 5.30. The van der Waals surface area contributed by atoms with Gasteiger partial charge in [-0.05, 0) is 6.07 Å². The van der Waals surface area contributed by atoms with Gasteiger partial charge < -0.3 is 15.2 Å². The second-order valence-corrected chi connectivity index (χ2v) is 3.51. The third-order valence-electron chi connectivity index (χ3n) is 2.27. The Labute approximate surface area is 108 Å². The molecule has 0 aliphatic carbocycles. The number of amides is 1. The van der Waals surface area contributed by atoms with Gasteiger partial charge in [0.15, 0.2) is 0 Å². The van der Waals surface area contributed by atoms with Crippen LogP contribution in [-0.4, -0.2) is 35.6 Å². The molecule has 1 amide bonds. The van der Waals surface area contributed by atoms with E-state index < -0.39 is 22.1 Å². The van der Waals surface area contributed by atoms with Gasteiger partial charge in [0.25, 0.3) is 5.69 Å². The van der Waals surface area contributed by atoms with E-state index >= 15 is 0 Å². The molecule has 1 rings (SSSR count). The van der Waals surface area contributed by atoms with Crippen LogP contribution in [0, 0.1) is 10.1 Å². The molecule has 0 aliphatic rings. The number of carboxylic acids is 1. The van der Waals surface area contributed by atoms with E-state index in [1.807, 2.05) is 0 Å². The molecule has 19 heavy (non-hydrogen) atoms. The number of aromatic carboxylic acids is 1. The van der Waals surface area contributed by atoms with Crippen LogP contribution in [0.2, 0.25) is 0 Å². The van der Waals surface area contributed by atoms with Crippen LogP contribution < -0.4 is 10.1 Å². The Bertz CT molecular complexity index is 514. The lowest BCUT2D eigenvalue weighted by atomic mass is 10.1. The van der Waals surface area contributed by atoms with Crippen molar-refractivity contribution in [2.45, 2.75) is 6.42 Å². The Hall–Kier alpha value is -2.64. The minimum absolute atomic E-state index is 0.0521. The van der Waals surface area contributed by atoms with E-state index in [9.17, 15) is 19.7 Å². The fourth-order valence-corrected chi connectivity index (χ4v) is 1.32. The molecule has 0 aliphatic heterocycles. The van der Waals surface area contributed by atoms with E-state index in [2.05, 4.69) is 5.32 Å². The zero-order valence-electron chi connectivity index (χ0n) is 10.1. The van der Waals surface area contributed by atoms with Crippen LogP contribution >= 0.6 is 0 Å². The smallest absolute Gasteiger partial charge is 0.342 e. The van der Waals surface area contributed by atoms with Crippen molar-refractivity contribution in [1.82, 2.24) is 5.32 Å². The van der Waals surface area contributed by atoms with Gasteiger partial charge in [0.05, 0.1) is 18.0 Å². The predicted molar refractivity (Wildman–Crippen MR) is 64.2 cm³/mol.